The highest BCUT2D eigenvalue weighted by atomic mass is 32.2. The number of aliphatic carboxylic acids is 1. The van der Waals surface area contributed by atoms with Gasteiger partial charge < -0.3 is 5.11 Å². The minimum atomic E-state index is -0.910. The van der Waals surface area contributed by atoms with Gasteiger partial charge >= 0.3 is 5.97 Å². The average molecular weight is 277 g/mol. The normalized spacial score (nSPS) is 9.94. The van der Waals surface area contributed by atoms with Crippen molar-refractivity contribution in [2.45, 2.75) is 15.8 Å². The summed E-state index contributed by atoms with van der Waals surface area (Å²) in [6.45, 7) is 0. The first-order chi connectivity index (χ1) is 8.69. The smallest absolute Gasteiger partial charge is 0.309 e. The highest BCUT2D eigenvalue weighted by Crippen LogP contribution is 2.30. The molecule has 0 saturated carbocycles. The minimum Gasteiger partial charge on any atom is -0.481 e. The quantitative estimate of drug-likeness (QED) is 0.921. The van der Waals surface area contributed by atoms with E-state index >= 15 is 0 Å². The van der Waals surface area contributed by atoms with E-state index in [2.05, 4.69) is 16.0 Å². The summed E-state index contributed by atoms with van der Waals surface area (Å²) in [4.78, 5) is 18.8. The SMILES string of the molecule is N#Cc1cccnc1Sc1nc(CC(=O)O)cs1. The molecule has 0 aromatic carbocycles. The number of aromatic nitrogens is 2. The summed E-state index contributed by atoms with van der Waals surface area (Å²) < 4.78 is 0.682. The molecule has 0 atom stereocenters. The standard InChI is InChI=1S/C11H7N3O2S2/c12-5-7-2-1-3-13-10(7)18-11-14-8(6-17-11)4-9(15)16/h1-3,6H,4H2,(H,15,16). The molecule has 0 aliphatic rings. The molecular formula is C11H7N3O2S2. The van der Waals surface area contributed by atoms with E-state index in [1.165, 1.54) is 23.1 Å². The van der Waals surface area contributed by atoms with Crippen molar-refractivity contribution in [3.63, 3.8) is 0 Å². The van der Waals surface area contributed by atoms with Gasteiger partial charge in [0.15, 0.2) is 4.34 Å². The zero-order chi connectivity index (χ0) is 13.0. The molecule has 0 radical (unpaired) electrons. The van der Waals surface area contributed by atoms with Crippen molar-refractivity contribution < 1.29 is 9.90 Å². The molecule has 18 heavy (non-hydrogen) atoms. The summed E-state index contributed by atoms with van der Waals surface area (Å²) in [6.07, 6.45) is 1.51. The fraction of sp³-hybridized carbons (Fsp3) is 0.0909. The van der Waals surface area contributed by atoms with Gasteiger partial charge in [-0.1, -0.05) is 0 Å². The summed E-state index contributed by atoms with van der Waals surface area (Å²) in [7, 11) is 0. The molecule has 0 aliphatic heterocycles. The number of hydrogen-bond donors (Lipinski definition) is 1. The van der Waals surface area contributed by atoms with Crippen LogP contribution in [0.15, 0.2) is 33.1 Å². The summed E-state index contributed by atoms with van der Waals surface area (Å²) in [5, 5.41) is 19.9. The first kappa shape index (κ1) is 12.5. The third-order valence-corrected chi connectivity index (χ3v) is 3.94. The second-order valence-electron chi connectivity index (χ2n) is 3.25. The van der Waals surface area contributed by atoms with Crippen molar-refractivity contribution in [3.05, 3.63) is 35.0 Å². The van der Waals surface area contributed by atoms with Gasteiger partial charge in [0.2, 0.25) is 0 Å². The number of pyridine rings is 1. The van der Waals surface area contributed by atoms with E-state index in [0.717, 1.165) is 0 Å². The van der Waals surface area contributed by atoms with Gasteiger partial charge in [0.1, 0.15) is 11.1 Å². The monoisotopic (exact) mass is 277 g/mol. The maximum Gasteiger partial charge on any atom is 0.309 e. The van der Waals surface area contributed by atoms with Crippen LogP contribution >= 0.6 is 23.1 Å². The zero-order valence-corrected chi connectivity index (χ0v) is 10.7. The number of nitrogens with zero attached hydrogens (tertiary/aromatic N) is 3. The molecule has 5 nitrogen and oxygen atoms in total. The number of thiazole rings is 1. The van der Waals surface area contributed by atoms with Gasteiger partial charge in [-0.3, -0.25) is 4.79 Å². The lowest BCUT2D eigenvalue weighted by atomic mass is 10.3. The highest BCUT2D eigenvalue weighted by molar-refractivity contribution is 8.01. The Kier molecular flexibility index (Phi) is 3.92. The van der Waals surface area contributed by atoms with Crippen LogP contribution in [0.3, 0.4) is 0 Å². The fourth-order valence-corrected chi connectivity index (χ4v) is 2.99. The van der Waals surface area contributed by atoms with E-state index in [-0.39, 0.29) is 6.42 Å². The largest absolute Gasteiger partial charge is 0.481 e. The number of carboxylic acid groups (broad SMARTS) is 1. The number of nitriles is 1. The van der Waals surface area contributed by atoms with E-state index in [0.29, 0.717) is 20.6 Å². The van der Waals surface area contributed by atoms with Crippen LogP contribution in [0.4, 0.5) is 0 Å². The van der Waals surface area contributed by atoms with Crippen LogP contribution in [0.1, 0.15) is 11.3 Å². The van der Waals surface area contributed by atoms with Crippen LogP contribution in [-0.2, 0) is 11.2 Å². The molecule has 2 aromatic heterocycles. The molecule has 0 spiro atoms. The topological polar surface area (TPSA) is 86.9 Å². The van der Waals surface area contributed by atoms with Crippen molar-refractivity contribution in [3.8, 4) is 6.07 Å². The lowest BCUT2D eigenvalue weighted by Gasteiger charge is -1.98. The predicted octanol–water partition coefficient (Wildman–Crippen LogP) is 2.19. The molecule has 0 aliphatic carbocycles. The van der Waals surface area contributed by atoms with E-state index in [1.807, 2.05) is 0 Å². The van der Waals surface area contributed by atoms with Gasteiger partial charge in [-0.05, 0) is 23.9 Å². The molecule has 0 fully saturated rings. The maximum atomic E-state index is 10.5. The van der Waals surface area contributed by atoms with Gasteiger partial charge in [0.05, 0.1) is 17.7 Å². The van der Waals surface area contributed by atoms with Crippen molar-refractivity contribution in [1.82, 2.24) is 9.97 Å². The number of carbonyl (C=O) groups is 1. The van der Waals surface area contributed by atoms with E-state index in [4.69, 9.17) is 10.4 Å². The van der Waals surface area contributed by atoms with Crippen LogP contribution in [0.5, 0.6) is 0 Å². The Balaban J connectivity index is 2.17. The third kappa shape index (κ3) is 3.06. The second-order valence-corrected chi connectivity index (χ2v) is 5.34. The molecule has 2 rings (SSSR count). The molecule has 7 heteroatoms. The highest BCUT2D eigenvalue weighted by Gasteiger charge is 2.10. The molecule has 2 heterocycles. The Labute approximate surface area is 111 Å². The minimum absolute atomic E-state index is 0.0929. The van der Waals surface area contributed by atoms with Crippen molar-refractivity contribution in [2.75, 3.05) is 0 Å². The van der Waals surface area contributed by atoms with Crippen molar-refractivity contribution in [2.24, 2.45) is 0 Å². The number of carboxylic acids is 1. The number of hydrogen-bond acceptors (Lipinski definition) is 6. The second kappa shape index (κ2) is 5.62. The fourth-order valence-electron chi connectivity index (χ4n) is 1.21. The lowest BCUT2D eigenvalue weighted by Crippen LogP contribution is -1.99. The molecular weight excluding hydrogens is 270 g/mol. The first-order valence-corrected chi connectivity index (χ1v) is 6.58. The Morgan fingerprint density at radius 1 is 1.61 bits per heavy atom. The molecule has 0 amide bonds. The molecule has 90 valence electrons. The maximum absolute atomic E-state index is 10.5. The Bertz CT molecular complexity index is 619. The molecule has 0 bridgehead atoms. The summed E-state index contributed by atoms with van der Waals surface area (Å²) in [6, 6.07) is 5.43. The van der Waals surface area contributed by atoms with Crippen LogP contribution in [-0.4, -0.2) is 21.0 Å². The zero-order valence-electron chi connectivity index (χ0n) is 9.03. The molecule has 0 saturated heterocycles. The van der Waals surface area contributed by atoms with E-state index in [1.54, 1.807) is 23.7 Å². The van der Waals surface area contributed by atoms with Gasteiger partial charge in [-0.15, -0.1) is 11.3 Å². The van der Waals surface area contributed by atoms with Gasteiger partial charge in [0.25, 0.3) is 0 Å². The Morgan fingerprint density at radius 2 is 2.44 bits per heavy atom. The molecule has 1 N–H and O–H groups in total. The van der Waals surface area contributed by atoms with Gasteiger partial charge in [0, 0.05) is 11.6 Å². The van der Waals surface area contributed by atoms with Crippen molar-refractivity contribution >= 4 is 29.1 Å². The molecule has 0 unspecified atom stereocenters. The van der Waals surface area contributed by atoms with E-state index < -0.39 is 5.97 Å². The van der Waals surface area contributed by atoms with E-state index in [9.17, 15) is 4.79 Å². The Hall–Kier alpha value is -1.91. The van der Waals surface area contributed by atoms with Crippen LogP contribution in [0.2, 0.25) is 0 Å². The van der Waals surface area contributed by atoms with Gasteiger partial charge in [-0.2, -0.15) is 5.26 Å². The first-order valence-electron chi connectivity index (χ1n) is 4.88. The predicted molar refractivity (Wildman–Crippen MR) is 66.5 cm³/mol. The molecule has 2 aromatic rings. The Morgan fingerprint density at radius 3 is 3.17 bits per heavy atom. The van der Waals surface area contributed by atoms with Crippen LogP contribution < -0.4 is 0 Å². The van der Waals surface area contributed by atoms with Crippen molar-refractivity contribution in [1.29, 1.82) is 5.26 Å². The summed E-state index contributed by atoms with van der Waals surface area (Å²) in [5.74, 6) is -0.910. The van der Waals surface area contributed by atoms with Crippen LogP contribution in [0.25, 0.3) is 0 Å². The number of rotatable bonds is 4. The average Bonchev–Trinajstić information content (AvgIpc) is 2.76. The summed E-state index contributed by atoms with van der Waals surface area (Å²) in [5.41, 5.74) is 1.00. The summed E-state index contributed by atoms with van der Waals surface area (Å²) >= 11 is 2.61. The third-order valence-electron chi connectivity index (χ3n) is 1.94. The van der Waals surface area contributed by atoms with Crippen LogP contribution in [0, 0.1) is 11.3 Å². The van der Waals surface area contributed by atoms with Gasteiger partial charge in [-0.25, -0.2) is 9.97 Å². The lowest BCUT2D eigenvalue weighted by molar-refractivity contribution is -0.136.